The zero-order valence-corrected chi connectivity index (χ0v) is 8.55. The van der Waals surface area contributed by atoms with E-state index in [2.05, 4.69) is 0 Å². The lowest BCUT2D eigenvalue weighted by molar-refractivity contribution is -0.128. The fourth-order valence-electron chi connectivity index (χ4n) is 1.01. The second-order valence-electron chi connectivity index (χ2n) is 3.10. The Labute approximate surface area is 80.3 Å². The van der Waals surface area contributed by atoms with Crippen molar-refractivity contribution in [1.82, 2.24) is 4.90 Å². The number of hydrogen-bond donors (Lipinski definition) is 0. The summed E-state index contributed by atoms with van der Waals surface area (Å²) in [5, 5.41) is 8.68. The van der Waals surface area contributed by atoms with Gasteiger partial charge in [0.25, 0.3) is 0 Å². The molecule has 0 aliphatic carbocycles. The SMILES string of the molecule is CCCCC(=O)N(C#N)CCCC. The maximum Gasteiger partial charge on any atom is 0.235 e. The van der Waals surface area contributed by atoms with Crippen LogP contribution in [0.25, 0.3) is 0 Å². The highest BCUT2D eigenvalue weighted by atomic mass is 16.2. The lowest BCUT2D eigenvalue weighted by Crippen LogP contribution is -2.26. The molecule has 1 amide bonds. The second kappa shape index (κ2) is 7.60. The Kier molecular flexibility index (Phi) is 6.99. The maximum absolute atomic E-state index is 11.3. The van der Waals surface area contributed by atoms with Crippen LogP contribution in [0.4, 0.5) is 0 Å². The summed E-state index contributed by atoms with van der Waals surface area (Å²) >= 11 is 0. The van der Waals surface area contributed by atoms with E-state index in [1.807, 2.05) is 20.0 Å². The maximum atomic E-state index is 11.3. The molecule has 0 aliphatic heterocycles. The van der Waals surface area contributed by atoms with Crippen LogP contribution >= 0.6 is 0 Å². The first-order chi connectivity index (χ1) is 6.26. The van der Waals surface area contributed by atoms with Crippen LogP contribution in [-0.2, 0) is 4.79 Å². The van der Waals surface area contributed by atoms with Gasteiger partial charge in [0.05, 0.1) is 0 Å². The molecular weight excluding hydrogens is 164 g/mol. The van der Waals surface area contributed by atoms with Crippen molar-refractivity contribution in [2.45, 2.75) is 46.0 Å². The number of nitrogens with zero attached hydrogens (tertiary/aromatic N) is 2. The molecule has 74 valence electrons. The molecule has 0 aromatic heterocycles. The minimum atomic E-state index is -0.0298. The molecule has 0 radical (unpaired) electrons. The molecule has 0 fully saturated rings. The molecule has 0 rings (SSSR count). The van der Waals surface area contributed by atoms with Crippen molar-refractivity contribution in [3.63, 3.8) is 0 Å². The summed E-state index contributed by atoms with van der Waals surface area (Å²) in [6, 6.07) is 0. The van der Waals surface area contributed by atoms with Gasteiger partial charge in [-0.1, -0.05) is 26.7 Å². The third-order valence-electron chi connectivity index (χ3n) is 1.90. The Bertz CT molecular complexity index is 184. The Morgan fingerprint density at radius 1 is 1.31 bits per heavy atom. The molecule has 0 aromatic rings. The highest BCUT2D eigenvalue weighted by Gasteiger charge is 2.10. The van der Waals surface area contributed by atoms with Crippen LogP contribution in [0.3, 0.4) is 0 Å². The van der Waals surface area contributed by atoms with Gasteiger partial charge >= 0.3 is 0 Å². The van der Waals surface area contributed by atoms with Crippen LogP contribution in [0.2, 0.25) is 0 Å². The second-order valence-corrected chi connectivity index (χ2v) is 3.10. The number of hydrogen-bond acceptors (Lipinski definition) is 2. The molecule has 3 nitrogen and oxygen atoms in total. The number of unbranched alkanes of at least 4 members (excludes halogenated alkanes) is 2. The van der Waals surface area contributed by atoms with Gasteiger partial charge in [0, 0.05) is 13.0 Å². The lowest BCUT2D eigenvalue weighted by atomic mass is 10.2. The zero-order chi connectivity index (χ0) is 10.1. The fraction of sp³-hybridized carbons (Fsp3) is 0.800. The molecule has 3 heteroatoms. The molecule has 0 bridgehead atoms. The molecule has 0 N–H and O–H groups in total. The molecule has 0 saturated carbocycles. The van der Waals surface area contributed by atoms with E-state index in [9.17, 15) is 4.79 Å². The van der Waals surface area contributed by atoms with Crippen LogP contribution in [0, 0.1) is 11.5 Å². The molecular formula is C10H18N2O. The summed E-state index contributed by atoms with van der Waals surface area (Å²) in [6.07, 6.45) is 6.24. The summed E-state index contributed by atoms with van der Waals surface area (Å²) in [6.45, 7) is 4.66. The first-order valence-electron chi connectivity index (χ1n) is 4.96. The number of amides is 1. The fourth-order valence-corrected chi connectivity index (χ4v) is 1.01. The topological polar surface area (TPSA) is 44.1 Å². The zero-order valence-electron chi connectivity index (χ0n) is 8.55. The van der Waals surface area contributed by atoms with E-state index in [1.165, 1.54) is 4.90 Å². The molecule has 0 atom stereocenters. The highest BCUT2D eigenvalue weighted by Crippen LogP contribution is 2.01. The third kappa shape index (κ3) is 5.24. The van der Waals surface area contributed by atoms with Gasteiger partial charge in [-0.05, 0) is 12.8 Å². The third-order valence-corrected chi connectivity index (χ3v) is 1.90. The van der Waals surface area contributed by atoms with Crippen molar-refractivity contribution >= 4 is 5.91 Å². The molecule has 0 unspecified atom stereocenters. The van der Waals surface area contributed by atoms with Crippen molar-refractivity contribution in [2.24, 2.45) is 0 Å². The Hall–Kier alpha value is -1.04. The standard InChI is InChI=1S/C10H18N2O/c1-3-5-7-10(13)12(9-11)8-6-4-2/h3-8H2,1-2H3. The van der Waals surface area contributed by atoms with Crippen LogP contribution in [0.5, 0.6) is 0 Å². The van der Waals surface area contributed by atoms with Gasteiger partial charge in [-0.15, -0.1) is 0 Å². The number of nitriles is 1. The van der Waals surface area contributed by atoms with Crippen LogP contribution in [-0.4, -0.2) is 17.4 Å². The van der Waals surface area contributed by atoms with Gasteiger partial charge in [-0.3, -0.25) is 4.79 Å². The van der Waals surface area contributed by atoms with Gasteiger partial charge in [0.1, 0.15) is 0 Å². The number of rotatable bonds is 6. The molecule has 13 heavy (non-hydrogen) atoms. The van der Waals surface area contributed by atoms with E-state index in [0.29, 0.717) is 13.0 Å². The van der Waals surface area contributed by atoms with E-state index in [-0.39, 0.29) is 5.91 Å². The quantitative estimate of drug-likeness (QED) is 0.467. The summed E-state index contributed by atoms with van der Waals surface area (Å²) in [4.78, 5) is 12.6. The summed E-state index contributed by atoms with van der Waals surface area (Å²) in [5.74, 6) is -0.0298. The average molecular weight is 182 g/mol. The van der Waals surface area contributed by atoms with Crippen molar-refractivity contribution in [2.75, 3.05) is 6.54 Å². The smallest absolute Gasteiger partial charge is 0.235 e. The summed E-state index contributed by atoms with van der Waals surface area (Å²) < 4.78 is 0. The van der Waals surface area contributed by atoms with Gasteiger partial charge in [0.2, 0.25) is 5.91 Å². The minimum absolute atomic E-state index is 0.0298. The van der Waals surface area contributed by atoms with Crippen molar-refractivity contribution in [1.29, 1.82) is 5.26 Å². The van der Waals surface area contributed by atoms with Crippen molar-refractivity contribution in [3.8, 4) is 6.19 Å². The van der Waals surface area contributed by atoms with E-state index in [1.54, 1.807) is 0 Å². The Balaban J connectivity index is 3.80. The van der Waals surface area contributed by atoms with Gasteiger partial charge in [-0.2, -0.15) is 5.26 Å². The van der Waals surface area contributed by atoms with Gasteiger partial charge < -0.3 is 0 Å². The van der Waals surface area contributed by atoms with Crippen molar-refractivity contribution in [3.05, 3.63) is 0 Å². The summed E-state index contributed by atoms with van der Waals surface area (Å²) in [5.41, 5.74) is 0. The van der Waals surface area contributed by atoms with Gasteiger partial charge in [0.15, 0.2) is 6.19 Å². The lowest BCUT2D eigenvalue weighted by Gasteiger charge is -2.12. The summed E-state index contributed by atoms with van der Waals surface area (Å²) in [7, 11) is 0. The van der Waals surface area contributed by atoms with E-state index in [0.717, 1.165) is 25.7 Å². The normalized spacial score (nSPS) is 9.31. The number of carbonyl (C=O) groups excluding carboxylic acids is 1. The molecule has 0 heterocycles. The first-order valence-corrected chi connectivity index (χ1v) is 4.96. The predicted octanol–water partition coefficient (Wildman–Crippen LogP) is 2.29. The largest absolute Gasteiger partial charge is 0.274 e. The Morgan fingerprint density at radius 2 is 1.92 bits per heavy atom. The van der Waals surface area contributed by atoms with Crippen LogP contribution in [0.15, 0.2) is 0 Å². The molecule has 0 aliphatic rings. The predicted molar refractivity (Wildman–Crippen MR) is 51.8 cm³/mol. The number of carbonyl (C=O) groups is 1. The highest BCUT2D eigenvalue weighted by molar-refractivity contribution is 5.77. The van der Waals surface area contributed by atoms with E-state index >= 15 is 0 Å². The molecule has 0 saturated heterocycles. The average Bonchev–Trinajstić information content (AvgIpc) is 2.16. The van der Waals surface area contributed by atoms with Crippen molar-refractivity contribution < 1.29 is 4.79 Å². The Morgan fingerprint density at radius 3 is 2.38 bits per heavy atom. The van der Waals surface area contributed by atoms with Crippen LogP contribution in [0.1, 0.15) is 46.0 Å². The monoisotopic (exact) mass is 182 g/mol. The van der Waals surface area contributed by atoms with Crippen LogP contribution < -0.4 is 0 Å². The molecule has 0 spiro atoms. The minimum Gasteiger partial charge on any atom is -0.274 e. The van der Waals surface area contributed by atoms with Gasteiger partial charge in [-0.25, -0.2) is 4.90 Å². The molecule has 0 aromatic carbocycles. The van der Waals surface area contributed by atoms with E-state index in [4.69, 9.17) is 5.26 Å². The first kappa shape index (κ1) is 12.0. The van der Waals surface area contributed by atoms with E-state index < -0.39 is 0 Å².